The summed E-state index contributed by atoms with van der Waals surface area (Å²) in [6.07, 6.45) is 0. The molecule has 0 bridgehead atoms. The highest BCUT2D eigenvalue weighted by atomic mass is 79.9. The molecule has 0 radical (unpaired) electrons. The summed E-state index contributed by atoms with van der Waals surface area (Å²) in [6, 6.07) is 21.7. The van der Waals surface area contributed by atoms with E-state index >= 15 is 0 Å². The summed E-state index contributed by atoms with van der Waals surface area (Å²) in [5.74, 6) is 1.34. The molecule has 4 aromatic rings. The number of thioether (sulfide) groups is 1. The maximum Gasteiger partial charge on any atom is 0.255 e. The van der Waals surface area contributed by atoms with E-state index in [1.807, 2.05) is 28.8 Å². The van der Waals surface area contributed by atoms with Crippen LogP contribution in [0.3, 0.4) is 0 Å². The summed E-state index contributed by atoms with van der Waals surface area (Å²) in [5.41, 5.74) is 1.89. The van der Waals surface area contributed by atoms with Gasteiger partial charge in [0, 0.05) is 15.8 Å². The van der Waals surface area contributed by atoms with Gasteiger partial charge in [0.15, 0.2) is 11.0 Å². The molecule has 0 unspecified atom stereocenters. The smallest absolute Gasteiger partial charge is 0.255 e. The van der Waals surface area contributed by atoms with E-state index in [2.05, 4.69) is 36.8 Å². The van der Waals surface area contributed by atoms with E-state index < -0.39 is 0 Å². The van der Waals surface area contributed by atoms with Crippen molar-refractivity contribution in [2.75, 3.05) is 25.3 Å². The van der Waals surface area contributed by atoms with E-state index in [1.165, 1.54) is 18.9 Å². The van der Waals surface area contributed by atoms with Crippen LogP contribution in [0.4, 0.5) is 5.69 Å². The normalized spacial score (nSPS) is 10.6. The van der Waals surface area contributed by atoms with Crippen molar-refractivity contribution in [2.24, 2.45) is 0 Å². The molecule has 0 aliphatic rings. The number of hydrogen-bond donors (Lipinski definition) is 2. The number of halogens is 1. The SMILES string of the molecule is COc1ccc(NC(=O)CSc2nnc(CNC(=O)c3ccccc3OC)n2-c2ccc(Br)cc2)cc1. The first-order chi connectivity index (χ1) is 18.0. The number of aromatic nitrogens is 3. The Hall–Kier alpha value is -3.83. The highest BCUT2D eigenvalue weighted by molar-refractivity contribution is 9.10. The van der Waals surface area contributed by atoms with Gasteiger partial charge in [-0.15, -0.1) is 10.2 Å². The van der Waals surface area contributed by atoms with Gasteiger partial charge in [0.05, 0.1) is 32.1 Å². The second kappa shape index (κ2) is 12.4. The fraction of sp³-hybridized carbons (Fsp3) is 0.154. The number of benzene rings is 3. The lowest BCUT2D eigenvalue weighted by atomic mass is 10.2. The van der Waals surface area contributed by atoms with Crippen LogP contribution < -0.4 is 20.1 Å². The average Bonchev–Trinajstić information content (AvgIpc) is 3.34. The first-order valence-electron chi connectivity index (χ1n) is 11.2. The molecule has 0 saturated heterocycles. The van der Waals surface area contributed by atoms with Crippen LogP contribution in [-0.2, 0) is 11.3 Å². The molecule has 0 atom stereocenters. The predicted molar refractivity (Wildman–Crippen MR) is 146 cm³/mol. The Morgan fingerprint density at radius 1 is 0.946 bits per heavy atom. The van der Waals surface area contributed by atoms with Crippen molar-refractivity contribution in [3.63, 3.8) is 0 Å². The topological polar surface area (TPSA) is 107 Å². The van der Waals surface area contributed by atoms with Gasteiger partial charge in [-0.2, -0.15) is 0 Å². The van der Waals surface area contributed by atoms with Crippen molar-refractivity contribution in [3.8, 4) is 17.2 Å². The fourth-order valence-electron chi connectivity index (χ4n) is 3.45. The Kier molecular flexibility index (Phi) is 8.81. The molecule has 3 aromatic carbocycles. The lowest BCUT2D eigenvalue weighted by Gasteiger charge is -2.12. The van der Waals surface area contributed by atoms with Gasteiger partial charge in [-0.25, -0.2) is 0 Å². The molecule has 4 rings (SSSR count). The van der Waals surface area contributed by atoms with Gasteiger partial charge in [-0.05, 0) is 60.7 Å². The molecule has 9 nitrogen and oxygen atoms in total. The third kappa shape index (κ3) is 6.69. The average molecular weight is 582 g/mol. The first-order valence-corrected chi connectivity index (χ1v) is 12.9. The number of ether oxygens (including phenoxy) is 2. The minimum absolute atomic E-state index is 0.119. The van der Waals surface area contributed by atoms with E-state index in [4.69, 9.17) is 9.47 Å². The molecule has 2 N–H and O–H groups in total. The number of methoxy groups -OCH3 is 2. The van der Waals surface area contributed by atoms with Crippen LogP contribution in [-0.4, -0.2) is 46.6 Å². The Balaban J connectivity index is 1.49. The Morgan fingerprint density at radius 2 is 1.68 bits per heavy atom. The molecule has 0 spiro atoms. The molecule has 0 aliphatic heterocycles. The molecule has 11 heteroatoms. The fourth-order valence-corrected chi connectivity index (χ4v) is 4.48. The Morgan fingerprint density at radius 3 is 2.38 bits per heavy atom. The number of carbonyl (C=O) groups is 2. The minimum Gasteiger partial charge on any atom is -0.497 e. The van der Waals surface area contributed by atoms with Crippen LogP contribution in [0, 0.1) is 0 Å². The van der Waals surface area contributed by atoms with Crippen molar-refractivity contribution >= 4 is 45.2 Å². The van der Waals surface area contributed by atoms with Crippen LogP contribution in [0.25, 0.3) is 5.69 Å². The second-order valence-electron chi connectivity index (χ2n) is 7.66. The van der Waals surface area contributed by atoms with Crippen molar-refractivity contribution in [1.82, 2.24) is 20.1 Å². The zero-order chi connectivity index (χ0) is 26.2. The van der Waals surface area contributed by atoms with E-state index in [0.717, 1.165) is 10.2 Å². The largest absolute Gasteiger partial charge is 0.497 e. The molecule has 1 aromatic heterocycles. The third-order valence-electron chi connectivity index (χ3n) is 5.25. The first kappa shape index (κ1) is 26.2. The van der Waals surface area contributed by atoms with Crippen molar-refractivity contribution in [3.05, 3.63) is 88.7 Å². The lowest BCUT2D eigenvalue weighted by molar-refractivity contribution is -0.113. The summed E-state index contributed by atoms with van der Waals surface area (Å²) in [5, 5.41) is 14.8. The number of amides is 2. The number of rotatable bonds is 10. The van der Waals surface area contributed by atoms with Gasteiger partial charge in [-0.1, -0.05) is 39.8 Å². The molecule has 2 amide bonds. The number of nitrogens with one attached hydrogen (secondary N) is 2. The molecule has 37 heavy (non-hydrogen) atoms. The molecule has 0 aliphatic carbocycles. The van der Waals surface area contributed by atoms with Crippen LogP contribution >= 0.6 is 27.7 Å². The summed E-state index contributed by atoms with van der Waals surface area (Å²) in [6.45, 7) is 0.124. The van der Waals surface area contributed by atoms with E-state index in [1.54, 1.807) is 55.6 Å². The maximum absolute atomic E-state index is 12.8. The van der Waals surface area contributed by atoms with E-state index in [9.17, 15) is 9.59 Å². The number of anilines is 1. The standard InChI is InChI=1S/C26H24BrN5O4S/c1-35-20-13-9-18(10-14-20)29-24(33)16-37-26-31-30-23(32(26)19-11-7-17(27)8-12-19)15-28-25(34)21-5-3-4-6-22(21)36-2/h3-14H,15-16H2,1-2H3,(H,28,34)(H,29,33). The molecular weight excluding hydrogens is 558 g/mol. The van der Waals surface area contributed by atoms with Gasteiger partial charge < -0.3 is 20.1 Å². The maximum atomic E-state index is 12.8. The van der Waals surface area contributed by atoms with Crippen LogP contribution in [0.5, 0.6) is 11.5 Å². The third-order valence-corrected chi connectivity index (χ3v) is 6.71. The number of hydrogen-bond acceptors (Lipinski definition) is 7. The van der Waals surface area contributed by atoms with Crippen LogP contribution in [0.1, 0.15) is 16.2 Å². The number of nitrogens with zero attached hydrogens (tertiary/aromatic N) is 3. The summed E-state index contributed by atoms with van der Waals surface area (Å²) >= 11 is 4.70. The lowest BCUT2D eigenvalue weighted by Crippen LogP contribution is -2.25. The van der Waals surface area contributed by atoms with E-state index in [-0.39, 0.29) is 24.1 Å². The highest BCUT2D eigenvalue weighted by Gasteiger charge is 2.18. The molecule has 0 saturated carbocycles. The minimum atomic E-state index is -0.295. The van der Waals surface area contributed by atoms with Crippen LogP contribution in [0.15, 0.2) is 82.4 Å². The van der Waals surface area contributed by atoms with Gasteiger partial charge in [-0.3, -0.25) is 14.2 Å². The molecule has 0 fully saturated rings. The zero-order valence-electron chi connectivity index (χ0n) is 20.1. The monoisotopic (exact) mass is 581 g/mol. The summed E-state index contributed by atoms with van der Waals surface area (Å²) in [7, 11) is 3.11. The van der Waals surface area contributed by atoms with E-state index in [0.29, 0.717) is 33.7 Å². The number of carbonyl (C=O) groups excluding carboxylic acids is 2. The van der Waals surface area contributed by atoms with Gasteiger partial charge in [0.2, 0.25) is 5.91 Å². The number of para-hydroxylation sites is 1. The van der Waals surface area contributed by atoms with Crippen molar-refractivity contribution < 1.29 is 19.1 Å². The van der Waals surface area contributed by atoms with Crippen molar-refractivity contribution in [1.29, 1.82) is 0 Å². The molecule has 190 valence electrons. The molecule has 1 heterocycles. The second-order valence-corrected chi connectivity index (χ2v) is 9.52. The Bertz CT molecular complexity index is 1380. The van der Waals surface area contributed by atoms with Gasteiger partial charge in [0.25, 0.3) is 5.91 Å². The van der Waals surface area contributed by atoms with Gasteiger partial charge >= 0.3 is 0 Å². The van der Waals surface area contributed by atoms with Crippen LogP contribution in [0.2, 0.25) is 0 Å². The summed E-state index contributed by atoms with van der Waals surface area (Å²) < 4.78 is 13.2. The summed E-state index contributed by atoms with van der Waals surface area (Å²) in [4.78, 5) is 25.4. The predicted octanol–water partition coefficient (Wildman–Crippen LogP) is 4.71. The highest BCUT2D eigenvalue weighted by Crippen LogP contribution is 2.24. The van der Waals surface area contributed by atoms with Crippen molar-refractivity contribution in [2.45, 2.75) is 11.7 Å². The Labute approximate surface area is 226 Å². The quantitative estimate of drug-likeness (QED) is 0.261. The zero-order valence-corrected chi connectivity index (χ0v) is 22.5. The van der Waals surface area contributed by atoms with Gasteiger partial charge in [0.1, 0.15) is 11.5 Å². The molecular formula is C26H24BrN5O4S.